The Morgan fingerprint density at radius 3 is 2.30 bits per heavy atom. The minimum Gasteiger partial charge on any atom is -0.350 e. The first-order chi connectivity index (χ1) is 15.9. The molecule has 0 aliphatic carbocycles. The normalized spacial score (nSPS) is 10.7. The van der Waals surface area contributed by atoms with E-state index in [1.807, 2.05) is 12.1 Å². The molecule has 4 nitrogen and oxygen atoms in total. The van der Waals surface area contributed by atoms with Crippen LogP contribution in [-0.2, 0) is 6.42 Å². The van der Waals surface area contributed by atoms with E-state index in [0.717, 1.165) is 19.3 Å². The highest BCUT2D eigenvalue weighted by Crippen LogP contribution is 2.25. The second-order valence-electron chi connectivity index (χ2n) is 7.61. The SMILES string of the molecule is CCCCc1ccc(C(=O)NCCN(C(=O)c2ccc(Cl)cc2Cl)c2ccc(F)cc2)cc1. The van der Waals surface area contributed by atoms with Crippen LogP contribution in [0.15, 0.2) is 66.7 Å². The third-order valence-corrected chi connectivity index (χ3v) is 5.75. The highest BCUT2D eigenvalue weighted by molar-refractivity contribution is 6.37. The monoisotopic (exact) mass is 486 g/mol. The Morgan fingerprint density at radius 2 is 1.67 bits per heavy atom. The second kappa shape index (κ2) is 11.8. The van der Waals surface area contributed by atoms with Crippen molar-refractivity contribution in [1.29, 1.82) is 0 Å². The van der Waals surface area contributed by atoms with Crippen molar-refractivity contribution >= 4 is 40.7 Å². The summed E-state index contributed by atoms with van der Waals surface area (Å²) in [6.07, 6.45) is 3.21. The number of rotatable bonds is 9. The van der Waals surface area contributed by atoms with Crippen LogP contribution in [0.3, 0.4) is 0 Å². The lowest BCUT2D eigenvalue weighted by molar-refractivity contribution is 0.0943. The number of aryl methyl sites for hydroxylation is 1. The number of benzene rings is 3. The van der Waals surface area contributed by atoms with Gasteiger partial charge in [-0.05, 0) is 73.0 Å². The molecule has 3 aromatic rings. The molecule has 0 atom stereocenters. The molecule has 1 N–H and O–H groups in total. The number of hydrogen-bond donors (Lipinski definition) is 1. The maximum absolute atomic E-state index is 13.4. The van der Waals surface area contributed by atoms with Crippen molar-refractivity contribution in [2.75, 3.05) is 18.0 Å². The molecule has 0 aromatic heterocycles. The number of nitrogens with zero attached hydrogens (tertiary/aromatic N) is 1. The van der Waals surface area contributed by atoms with E-state index in [1.54, 1.807) is 24.3 Å². The van der Waals surface area contributed by atoms with E-state index < -0.39 is 5.82 Å². The Bertz CT molecular complexity index is 1100. The first-order valence-electron chi connectivity index (χ1n) is 10.8. The van der Waals surface area contributed by atoms with Crippen molar-refractivity contribution in [1.82, 2.24) is 5.32 Å². The van der Waals surface area contributed by atoms with Crippen molar-refractivity contribution in [2.24, 2.45) is 0 Å². The van der Waals surface area contributed by atoms with Gasteiger partial charge in [-0.25, -0.2) is 4.39 Å². The van der Waals surface area contributed by atoms with E-state index in [1.165, 1.54) is 40.8 Å². The quantitative estimate of drug-likeness (QED) is 0.372. The molecule has 0 fully saturated rings. The lowest BCUT2D eigenvalue weighted by Gasteiger charge is -2.24. The Kier molecular flexibility index (Phi) is 8.87. The molecule has 2 amide bonds. The van der Waals surface area contributed by atoms with Crippen LogP contribution >= 0.6 is 23.2 Å². The van der Waals surface area contributed by atoms with Gasteiger partial charge in [0.1, 0.15) is 5.82 Å². The maximum atomic E-state index is 13.4. The van der Waals surface area contributed by atoms with E-state index >= 15 is 0 Å². The lowest BCUT2D eigenvalue weighted by Crippen LogP contribution is -2.39. The summed E-state index contributed by atoms with van der Waals surface area (Å²) in [6.45, 7) is 2.51. The van der Waals surface area contributed by atoms with Gasteiger partial charge < -0.3 is 10.2 Å². The van der Waals surface area contributed by atoms with Crippen LogP contribution in [0.2, 0.25) is 10.0 Å². The minimum atomic E-state index is -0.411. The molecule has 3 rings (SSSR count). The van der Waals surface area contributed by atoms with Crippen LogP contribution in [0, 0.1) is 5.82 Å². The number of anilines is 1. The molecule has 7 heteroatoms. The summed E-state index contributed by atoms with van der Waals surface area (Å²) in [6, 6.07) is 17.7. The Morgan fingerprint density at radius 1 is 0.970 bits per heavy atom. The zero-order chi connectivity index (χ0) is 23.8. The summed E-state index contributed by atoms with van der Waals surface area (Å²) in [7, 11) is 0. The standard InChI is InChI=1S/C26H25Cl2FN2O2/c1-2-3-4-18-5-7-19(8-6-18)25(32)30-15-16-31(22-12-10-21(29)11-13-22)26(33)23-14-9-20(27)17-24(23)28/h5-14,17H,2-4,15-16H2,1H3,(H,30,32). The van der Waals surface area contributed by atoms with Gasteiger partial charge in [0.2, 0.25) is 0 Å². The predicted octanol–water partition coefficient (Wildman–Crippen LogP) is 6.55. The van der Waals surface area contributed by atoms with Gasteiger partial charge in [0.05, 0.1) is 10.6 Å². The van der Waals surface area contributed by atoms with Crippen LogP contribution in [0.5, 0.6) is 0 Å². The number of hydrogen-bond acceptors (Lipinski definition) is 2. The summed E-state index contributed by atoms with van der Waals surface area (Å²) in [5, 5.41) is 3.47. The third-order valence-electron chi connectivity index (χ3n) is 5.20. The molecule has 172 valence electrons. The van der Waals surface area contributed by atoms with Crippen molar-refractivity contribution in [3.8, 4) is 0 Å². The molecule has 0 aliphatic rings. The van der Waals surface area contributed by atoms with Gasteiger partial charge >= 0.3 is 0 Å². The van der Waals surface area contributed by atoms with Gasteiger partial charge in [0, 0.05) is 29.4 Å². The van der Waals surface area contributed by atoms with Gasteiger partial charge in [-0.3, -0.25) is 9.59 Å². The van der Waals surface area contributed by atoms with E-state index in [4.69, 9.17) is 23.2 Å². The number of nitrogens with one attached hydrogen (secondary N) is 1. The molecule has 3 aromatic carbocycles. The molecular formula is C26H25Cl2FN2O2. The van der Waals surface area contributed by atoms with E-state index in [9.17, 15) is 14.0 Å². The molecule has 0 aliphatic heterocycles. The van der Waals surface area contributed by atoms with Crippen molar-refractivity contribution < 1.29 is 14.0 Å². The Hall–Kier alpha value is -2.89. The topological polar surface area (TPSA) is 49.4 Å². The number of carbonyl (C=O) groups is 2. The van der Waals surface area contributed by atoms with E-state index in [0.29, 0.717) is 16.3 Å². The molecule has 0 saturated carbocycles. The third kappa shape index (κ3) is 6.80. The summed E-state index contributed by atoms with van der Waals surface area (Å²) in [5.41, 5.74) is 2.50. The summed E-state index contributed by atoms with van der Waals surface area (Å²) in [5.74, 6) is -1.02. The van der Waals surface area contributed by atoms with Gasteiger partial charge in [-0.2, -0.15) is 0 Å². The molecule has 0 spiro atoms. The largest absolute Gasteiger partial charge is 0.350 e. The fraction of sp³-hybridized carbons (Fsp3) is 0.231. The molecule has 0 heterocycles. The first-order valence-corrected chi connectivity index (χ1v) is 11.5. The fourth-order valence-corrected chi connectivity index (χ4v) is 3.85. The van der Waals surface area contributed by atoms with Crippen LogP contribution in [0.25, 0.3) is 0 Å². The average molecular weight is 487 g/mol. The molecular weight excluding hydrogens is 462 g/mol. The minimum absolute atomic E-state index is 0.170. The molecule has 33 heavy (non-hydrogen) atoms. The number of halogens is 3. The van der Waals surface area contributed by atoms with Crippen molar-refractivity contribution in [3.63, 3.8) is 0 Å². The van der Waals surface area contributed by atoms with Crippen molar-refractivity contribution in [2.45, 2.75) is 26.2 Å². The number of carbonyl (C=O) groups excluding carboxylic acids is 2. The number of unbranched alkanes of at least 4 members (excludes halogenated alkanes) is 1. The molecule has 0 bridgehead atoms. The maximum Gasteiger partial charge on any atom is 0.259 e. The summed E-state index contributed by atoms with van der Waals surface area (Å²) in [4.78, 5) is 27.2. The van der Waals surface area contributed by atoms with Gasteiger partial charge in [-0.15, -0.1) is 0 Å². The summed E-state index contributed by atoms with van der Waals surface area (Å²) < 4.78 is 13.4. The molecule has 0 saturated heterocycles. The Labute approximate surface area is 203 Å². The van der Waals surface area contributed by atoms with Crippen LogP contribution in [0.4, 0.5) is 10.1 Å². The van der Waals surface area contributed by atoms with Gasteiger partial charge in [0.15, 0.2) is 0 Å². The average Bonchev–Trinajstić information content (AvgIpc) is 2.81. The second-order valence-corrected chi connectivity index (χ2v) is 8.46. The lowest BCUT2D eigenvalue weighted by atomic mass is 10.1. The zero-order valence-electron chi connectivity index (χ0n) is 18.3. The van der Waals surface area contributed by atoms with Crippen LogP contribution in [0.1, 0.15) is 46.0 Å². The highest BCUT2D eigenvalue weighted by Gasteiger charge is 2.21. The van der Waals surface area contributed by atoms with Crippen LogP contribution < -0.4 is 10.2 Å². The van der Waals surface area contributed by atoms with E-state index in [-0.39, 0.29) is 35.5 Å². The highest BCUT2D eigenvalue weighted by atomic mass is 35.5. The predicted molar refractivity (Wildman–Crippen MR) is 132 cm³/mol. The zero-order valence-corrected chi connectivity index (χ0v) is 19.8. The van der Waals surface area contributed by atoms with Crippen LogP contribution in [-0.4, -0.2) is 24.9 Å². The van der Waals surface area contributed by atoms with Gasteiger partial charge in [-0.1, -0.05) is 48.7 Å². The smallest absolute Gasteiger partial charge is 0.259 e. The fourth-order valence-electron chi connectivity index (χ4n) is 3.36. The molecule has 0 unspecified atom stereocenters. The van der Waals surface area contributed by atoms with E-state index in [2.05, 4.69) is 12.2 Å². The van der Waals surface area contributed by atoms with Gasteiger partial charge in [0.25, 0.3) is 11.8 Å². The first kappa shape index (κ1) is 24.7. The Balaban J connectivity index is 1.70. The van der Waals surface area contributed by atoms with Crippen molar-refractivity contribution in [3.05, 3.63) is 99.3 Å². The summed E-state index contributed by atoms with van der Waals surface area (Å²) >= 11 is 12.2. The molecule has 0 radical (unpaired) electrons. The number of amides is 2.